The maximum Gasteiger partial charge on any atom is 0.0717 e. The third-order valence-electron chi connectivity index (χ3n) is 1.78. The molecule has 0 fully saturated rings. The van der Waals surface area contributed by atoms with Gasteiger partial charge in [0, 0.05) is 6.54 Å². The fourth-order valence-corrected chi connectivity index (χ4v) is 1.09. The van der Waals surface area contributed by atoms with Crippen LogP contribution in [0.15, 0.2) is 30.3 Å². The van der Waals surface area contributed by atoms with Crippen molar-refractivity contribution in [2.45, 2.75) is 13.5 Å². The van der Waals surface area contributed by atoms with Gasteiger partial charge in [-0.3, -0.25) is 0 Å². The van der Waals surface area contributed by atoms with Crippen LogP contribution < -0.4 is 5.32 Å². The molecule has 1 aromatic rings. The van der Waals surface area contributed by atoms with Gasteiger partial charge in [0.25, 0.3) is 0 Å². The van der Waals surface area contributed by atoms with Crippen LogP contribution in [0.4, 0.5) is 0 Å². The summed E-state index contributed by atoms with van der Waals surface area (Å²) >= 11 is 0. The summed E-state index contributed by atoms with van der Waals surface area (Å²) in [5.74, 6) is 0. The Labute approximate surface area is 92.1 Å². The topological polar surface area (TPSA) is 21.3 Å². The van der Waals surface area contributed by atoms with Crippen molar-refractivity contribution in [2.75, 3.05) is 19.7 Å². The number of halogens is 1. The molecule has 80 valence electrons. The van der Waals surface area contributed by atoms with E-state index >= 15 is 0 Å². The standard InChI is InChI=1S/C11H17NO.ClH/c1-2-12-8-9-13-10-11-6-4-3-5-7-11;/h3-7,12H,2,8-10H2,1H3;1H. The third kappa shape index (κ3) is 5.97. The third-order valence-corrected chi connectivity index (χ3v) is 1.78. The minimum absolute atomic E-state index is 0. The van der Waals surface area contributed by atoms with Gasteiger partial charge in [-0.05, 0) is 12.1 Å². The van der Waals surface area contributed by atoms with Gasteiger partial charge in [-0.25, -0.2) is 0 Å². The van der Waals surface area contributed by atoms with E-state index in [4.69, 9.17) is 4.74 Å². The first-order chi connectivity index (χ1) is 6.43. The summed E-state index contributed by atoms with van der Waals surface area (Å²) in [5, 5.41) is 3.21. The minimum atomic E-state index is 0. The monoisotopic (exact) mass is 215 g/mol. The second-order valence-electron chi connectivity index (χ2n) is 2.89. The van der Waals surface area contributed by atoms with Gasteiger partial charge in [-0.15, -0.1) is 12.4 Å². The van der Waals surface area contributed by atoms with Crippen LogP contribution in [0.25, 0.3) is 0 Å². The zero-order chi connectivity index (χ0) is 9.36. The number of nitrogens with one attached hydrogen (secondary N) is 1. The van der Waals surface area contributed by atoms with E-state index in [1.54, 1.807) is 0 Å². The molecule has 0 aromatic heterocycles. The SMILES string of the molecule is CCNCCOCc1ccccc1.Cl. The Hall–Kier alpha value is -0.570. The van der Waals surface area contributed by atoms with Crippen LogP contribution in [0.3, 0.4) is 0 Å². The molecule has 0 unspecified atom stereocenters. The Balaban J connectivity index is 0.00000169. The summed E-state index contributed by atoms with van der Waals surface area (Å²) in [6.45, 7) is 5.53. The van der Waals surface area contributed by atoms with Gasteiger partial charge in [0.1, 0.15) is 0 Å². The predicted octanol–water partition coefficient (Wildman–Crippen LogP) is 2.23. The highest BCUT2D eigenvalue weighted by Crippen LogP contribution is 1.99. The largest absolute Gasteiger partial charge is 0.375 e. The van der Waals surface area contributed by atoms with Crippen LogP contribution in [0.2, 0.25) is 0 Å². The van der Waals surface area contributed by atoms with Gasteiger partial charge < -0.3 is 10.1 Å². The van der Waals surface area contributed by atoms with Crippen molar-refractivity contribution in [1.82, 2.24) is 5.32 Å². The van der Waals surface area contributed by atoms with Gasteiger partial charge >= 0.3 is 0 Å². The molecule has 0 aliphatic heterocycles. The highest BCUT2D eigenvalue weighted by atomic mass is 35.5. The van der Waals surface area contributed by atoms with Crippen LogP contribution in [0.1, 0.15) is 12.5 Å². The molecule has 0 spiro atoms. The number of hydrogen-bond acceptors (Lipinski definition) is 2. The summed E-state index contributed by atoms with van der Waals surface area (Å²) in [5.41, 5.74) is 1.24. The Kier molecular flexibility index (Phi) is 8.64. The molecule has 1 N–H and O–H groups in total. The minimum Gasteiger partial charge on any atom is -0.375 e. The molecule has 1 aromatic carbocycles. The first kappa shape index (κ1) is 13.4. The molecule has 3 heteroatoms. The molecular weight excluding hydrogens is 198 g/mol. The number of rotatable bonds is 6. The first-order valence-corrected chi connectivity index (χ1v) is 4.76. The Morgan fingerprint density at radius 3 is 2.57 bits per heavy atom. The van der Waals surface area contributed by atoms with E-state index in [2.05, 4.69) is 24.4 Å². The lowest BCUT2D eigenvalue weighted by Gasteiger charge is -2.04. The maximum atomic E-state index is 5.46. The molecule has 0 saturated carbocycles. The number of hydrogen-bond donors (Lipinski definition) is 1. The van der Waals surface area contributed by atoms with Crippen molar-refractivity contribution >= 4 is 12.4 Å². The zero-order valence-electron chi connectivity index (χ0n) is 8.53. The molecule has 2 nitrogen and oxygen atoms in total. The summed E-state index contributed by atoms with van der Waals surface area (Å²) in [4.78, 5) is 0. The summed E-state index contributed by atoms with van der Waals surface area (Å²) < 4.78 is 5.46. The average Bonchev–Trinajstić information content (AvgIpc) is 2.19. The van der Waals surface area contributed by atoms with Crippen molar-refractivity contribution < 1.29 is 4.74 Å². The molecule has 0 heterocycles. The lowest BCUT2D eigenvalue weighted by atomic mass is 10.2. The van der Waals surface area contributed by atoms with Gasteiger partial charge in [-0.1, -0.05) is 37.3 Å². The van der Waals surface area contributed by atoms with Gasteiger partial charge in [0.2, 0.25) is 0 Å². The van der Waals surface area contributed by atoms with Crippen LogP contribution in [-0.4, -0.2) is 19.7 Å². The van der Waals surface area contributed by atoms with E-state index in [-0.39, 0.29) is 12.4 Å². The molecular formula is C11H18ClNO. The van der Waals surface area contributed by atoms with Crippen molar-refractivity contribution in [1.29, 1.82) is 0 Å². The van der Waals surface area contributed by atoms with Crippen LogP contribution >= 0.6 is 12.4 Å². The molecule has 0 radical (unpaired) electrons. The van der Waals surface area contributed by atoms with E-state index in [0.717, 1.165) is 19.7 Å². The predicted molar refractivity (Wildman–Crippen MR) is 61.9 cm³/mol. The smallest absolute Gasteiger partial charge is 0.0717 e. The van der Waals surface area contributed by atoms with Gasteiger partial charge in [0.05, 0.1) is 13.2 Å². The van der Waals surface area contributed by atoms with Gasteiger partial charge in [0.15, 0.2) is 0 Å². The summed E-state index contributed by atoms with van der Waals surface area (Å²) in [6.07, 6.45) is 0. The second-order valence-corrected chi connectivity index (χ2v) is 2.89. The highest BCUT2D eigenvalue weighted by molar-refractivity contribution is 5.85. The highest BCUT2D eigenvalue weighted by Gasteiger charge is 1.90. The second kappa shape index (κ2) is 9.00. The maximum absolute atomic E-state index is 5.46. The molecule has 0 amide bonds. The van der Waals surface area contributed by atoms with Crippen LogP contribution in [0, 0.1) is 0 Å². The lowest BCUT2D eigenvalue weighted by Crippen LogP contribution is -2.18. The number of likely N-dealkylation sites (N-methyl/N-ethyl adjacent to an activating group) is 1. The van der Waals surface area contributed by atoms with Crippen molar-refractivity contribution in [3.05, 3.63) is 35.9 Å². The Morgan fingerprint density at radius 2 is 1.93 bits per heavy atom. The van der Waals surface area contributed by atoms with Crippen molar-refractivity contribution in [3.8, 4) is 0 Å². The molecule has 0 atom stereocenters. The molecule has 0 aliphatic carbocycles. The quantitative estimate of drug-likeness (QED) is 0.735. The van der Waals surface area contributed by atoms with E-state index in [1.165, 1.54) is 5.56 Å². The van der Waals surface area contributed by atoms with Crippen molar-refractivity contribution in [2.24, 2.45) is 0 Å². The van der Waals surface area contributed by atoms with Crippen LogP contribution in [0.5, 0.6) is 0 Å². The number of ether oxygens (including phenoxy) is 1. The lowest BCUT2D eigenvalue weighted by molar-refractivity contribution is 0.123. The first-order valence-electron chi connectivity index (χ1n) is 4.76. The Morgan fingerprint density at radius 1 is 1.21 bits per heavy atom. The summed E-state index contributed by atoms with van der Waals surface area (Å²) in [7, 11) is 0. The average molecular weight is 216 g/mol. The fraction of sp³-hybridized carbons (Fsp3) is 0.455. The normalized spacial score (nSPS) is 9.50. The molecule has 0 aliphatic rings. The van der Waals surface area contributed by atoms with Crippen LogP contribution in [-0.2, 0) is 11.3 Å². The van der Waals surface area contributed by atoms with E-state index in [0.29, 0.717) is 6.61 Å². The van der Waals surface area contributed by atoms with Crippen molar-refractivity contribution in [3.63, 3.8) is 0 Å². The van der Waals surface area contributed by atoms with E-state index in [9.17, 15) is 0 Å². The van der Waals surface area contributed by atoms with E-state index < -0.39 is 0 Å². The molecule has 0 bridgehead atoms. The molecule has 1 rings (SSSR count). The molecule has 0 saturated heterocycles. The summed E-state index contributed by atoms with van der Waals surface area (Å²) in [6, 6.07) is 10.2. The molecule has 14 heavy (non-hydrogen) atoms. The van der Waals surface area contributed by atoms with E-state index in [1.807, 2.05) is 18.2 Å². The Bertz CT molecular complexity index is 216. The van der Waals surface area contributed by atoms with Gasteiger partial charge in [-0.2, -0.15) is 0 Å². The number of benzene rings is 1. The zero-order valence-corrected chi connectivity index (χ0v) is 9.35. The fourth-order valence-electron chi connectivity index (χ4n) is 1.09.